The molecule has 0 aliphatic rings. The molecule has 5 heteroatoms. The van der Waals surface area contributed by atoms with Crippen molar-refractivity contribution in [3.8, 4) is 0 Å². The van der Waals surface area contributed by atoms with E-state index in [1.54, 1.807) is 18.6 Å². The largest absolute Gasteiger partial charge is 0.323 e. The van der Waals surface area contributed by atoms with E-state index >= 15 is 0 Å². The van der Waals surface area contributed by atoms with Crippen LogP contribution in [0.5, 0.6) is 0 Å². The van der Waals surface area contributed by atoms with Crippen molar-refractivity contribution in [1.82, 2.24) is 15.0 Å². The highest BCUT2D eigenvalue weighted by atomic mass is 14.9. The van der Waals surface area contributed by atoms with E-state index in [2.05, 4.69) is 15.0 Å². The Morgan fingerprint density at radius 3 is 1.38 bits per heavy atom. The van der Waals surface area contributed by atoms with E-state index in [-0.39, 0.29) is 0 Å². The third-order valence-corrected chi connectivity index (χ3v) is 4.86. The van der Waals surface area contributed by atoms with E-state index in [1.165, 1.54) is 0 Å². The summed E-state index contributed by atoms with van der Waals surface area (Å²) < 4.78 is 0. The molecule has 3 aromatic rings. The molecule has 3 heterocycles. The molecule has 4 N–H and O–H groups in total. The molecule has 1 unspecified atom stereocenters. The maximum atomic E-state index is 6.95. The van der Waals surface area contributed by atoms with Crippen LogP contribution in [0.15, 0.2) is 73.2 Å². The smallest absolute Gasteiger partial charge is 0.0449 e. The van der Waals surface area contributed by atoms with Gasteiger partial charge in [0, 0.05) is 66.0 Å². The van der Waals surface area contributed by atoms with Crippen molar-refractivity contribution in [2.24, 2.45) is 11.5 Å². The lowest BCUT2D eigenvalue weighted by molar-refractivity contribution is 0.226. The van der Waals surface area contributed by atoms with Crippen molar-refractivity contribution in [3.05, 3.63) is 90.3 Å². The molecule has 0 aliphatic heterocycles. The average molecular weight is 347 g/mol. The molecule has 0 aliphatic carbocycles. The summed E-state index contributed by atoms with van der Waals surface area (Å²) in [5.41, 5.74) is 15.1. The molecule has 3 aromatic heterocycles. The van der Waals surface area contributed by atoms with Crippen LogP contribution in [0.2, 0.25) is 0 Å². The summed E-state index contributed by atoms with van der Waals surface area (Å²) in [6.45, 7) is 1.99. The van der Waals surface area contributed by atoms with Gasteiger partial charge in [-0.2, -0.15) is 0 Å². The predicted octanol–water partition coefficient (Wildman–Crippen LogP) is 2.31. The summed E-state index contributed by atoms with van der Waals surface area (Å²) >= 11 is 0. The fourth-order valence-electron chi connectivity index (χ4n) is 3.17. The molecular weight excluding hydrogens is 322 g/mol. The van der Waals surface area contributed by atoms with Gasteiger partial charge in [-0.3, -0.25) is 15.0 Å². The molecule has 0 spiro atoms. The van der Waals surface area contributed by atoms with Gasteiger partial charge in [-0.25, -0.2) is 0 Å². The second-order valence-electron chi connectivity index (χ2n) is 7.07. The molecule has 3 rings (SSSR count). The monoisotopic (exact) mass is 347 g/mol. The summed E-state index contributed by atoms with van der Waals surface area (Å²) in [7, 11) is 0. The summed E-state index contributed by atoms with van der Waals surface area (Å²) in [6.07, 6.45) is 7.03. The molecule has 0 aromatic carbocycles. The van der Waals surface area contributed by atoms with Crippen LogP contribution in [-0.2, 0) is 19.3 Å². The zero-order valence-corrected chi connectivity index (χ0v) is 15.0. The number of aromatic nitrogens is 3. The van der Waals surface area contributed by atoms with E-state index in [0.717, 1.165) is 17.1 Å². The van der Waals surface area contributed by atoms with Gasteiger partial charge in [0.1, 0.15) is 0 Å². The minimum absolute atomic E-state index is 0.560. The Balaban J connectivity index is 1.92. The maximum Gasteiger partial charge on any atom is 0.0449 e. The first-order valence-corrected chi connectivity index (χ1v) is 8.76. The Kier molecular flexibility index (Phi) is 5.40. The summed E-state index contributed by atoms with van der Waals surface area (Å²) in [5.74, 6) is 0. The lowest BCUT2D eigenvalue weighted by Gasteiger charge is -2.44. The first-order chi connectivity index (χ1) is 12.5. The predicted molar refractivity (Wildman–Crippen MR) is 103 cm³/mol. The number of hydrogen-bond acceptors (Lipinski definition) is 5. The van der Waals surface area contributed by atoms with E-state index in [1.807, 2.05) is 61.5 Å². The van der Waals surface area contributed by atoms with E-state index < -0.39 is 11.1 Å². The maximum absolute atomic E-state index is 6.95. The van der Waals surface area contributed by atoms with Gasteiger partial charge in [0.15, 0.2) is 0 Å². The topological polar surface area (TPSA) is 90.7 Å². The van der Waals surface area contributed by atoms with Crippen LogP contribution in [0.3, 0.4) is 0 Å². The highest BCUT2D eigenvalue weighted by molar-refractivity contribution is 5.22. The SMILES string of the molecule is CC(N)(Cc1ccccn1)C(N)(Cc1ccccn1)Cc1ccccn1. The van der Waals surface area contributed by atoms with Gasteiger partial charge >= 0.3 is 0 Å². The summed E-state index contributed by atoms with van der Waals surface area (Å²) in [5, 5.41) is 0. The van der Waals surface area contributed by atoms with Crippen molar-refractivity contribution in [2.75, 3.05) is 0 Å². The Labute approximate surface area is 154 Å². The van der Waals surface area contributed by atoms with Gasteiger partial charge in [-0.15, -0.1) is 0 Å². The molecule has 5 nitrogen and oxygen atoms in total. The highest BCUT2D eigenvalue weighted by Crippen LogP contribution is 2.28. The van der Waals surface area contributed by atoms with Crippen molar-refractivity contribution in [3.63, 3.8) is 0 Å². The highest BCUT2D eigenvalue weighted by Gasteiger charge is 2.43. The zero-order valence-electron chi connectivity index (χ0n) is 15.0. The Bertz CT molecular complexity index is 762. The second kappa shape index (κ2) is 7.72. The molecule has 134 valence electrons. The molecular formula is C21H25N5. The van der Waals surface area contributed by atoms with Gasteiger partial charge in [0.25, 0.3) is 0 Å². The Morgan fingerprint density at radius 2 is 1.04 bits per heavy atom. The molecule has 0 fully saturated rings. The summed E-state index contributed by atoms with van der Waals surface area (Å²) in [4.78, 5) is 13.3. The van der Waals surface area contributed by atoms with Crippen LogP contribution in [0.4, 0.5) is 0 Å². The first-order valence-electron chi connectivity index (χ1n) is 8.76. The van der Waals surface area contributed by atoms with Gasteiger partial charge in [-0.05, 0) is 43.3 Å². The lowest BCUT2D eigenvalue weighted by atomic mass is 9.70. The lowest BCUT2D eigenvalue weighted by Crippen LogP contribution is -2.68. The molecule has 0 amide bonds. The molecule has 26 heavy (non-hydrogen) atoms. The van der Waals surface area contributed by atoms with Crippen LogP contribution in [0, 0.1) is 0 Å². The van der Waals surface area contributed by atoms with Gasteiger partial charge in [0.05, 0.1) is 0 Å². The Morgan fingerprint density at radius 1 is 0.654 bits per heavy atom. The second-order valence-corrected chi connectivity index (χ2v) is 7.07. The molecule has 0 radical (unpaired) electrons. The third kappa shape index (κ3) is 4.31. The van der Waals surface area contributed by atoms with Gasteiger partial charge < -0.3 is 11.5 Å². The normalized spacial score (nSPS) is 14.0. The number of hydrogen-bond donors (Lipinski definition) is 2. The number of nitrogens with two attached hydrogens (primary N) is 2. The van der Waals surface area contributed by atoms with Gasteiger partial charge in [-0.1, -0.05) is 18.2 Å². The van der Waals surface area contributed by atoms with Crippen molar-refractivity contribution in [2.45, 2.75) is 37.3 Å². The van der Waals surface area contributed by atoms with Crippen LogP contribution in [-0.4, -0.2) is 26.0 Å². The van der Waals surface area contributed by atoms with E-state index in [0.29, 0.717) is 19.3 Å². The Hall–Kier alpha value is -2.63. The standard InChI is InChI=1S/C21H25N5/c1-20(22,14-17-8-2-5-11-24-17)21(23,15-18-9-3-6-12-25-18)16-19-10-4-7-13-26-19/h2-13H,14-16,22-23H2,1H3. The fraction of sp³-hybridized carbons (Fsp3) is 0.286. The quantitative estimate of drug-likeness (QED) is 0.684. The zero-order chi connectivity index (χ0) is 18.5. The van der Waals surface area contributed by atoms with Crippen molar-refractivity contribution < 1.29 is 0 Å². The first kappa shape index (κ1) is 18.2. The molecule has 0 saturated heterocycles. The molecule has 0 saturated carbocycles. The average Bonchev–Trinajstić information content (AvgIpc) is 2.63. The number of rotatable bonds is 7. The van der Waals surface area contributed by atoms with E-state index in [4.69, 9.17) is 11.5 Å². The van der Waals surface area contributed by atoms with Crippen LogP contribution in [0.25, 0.3) is 0 Å². The van der Waals surface area contributed by atoms with Gasteiger partial charge in [0.2, 0.25) is 0 Å². The van der Waals surface area contributed by atoms with Crippen LogP contribution in [0.1, 0.15) is 24.0 Å². The fourth-order valence-corrected chi connectivity index (χ4v) is 3.17. The summed E-state index contributed by atoms with van der Waals surface area (Å²) in [6, 6.07) is 17.5. The van der Waals surface area contributed by atoms with Crippen molar-refractivity contribution in [1.29, 1.82) is 0 Å². The number of nitrogens with zero attached hydrogens (tertiary/aromatic N) is 3. The minimum atomic E-state index is -0.729. The van der Waals surface area contributed by atoms with Crippen molar-refractivity contribution >= 4 is 0 Å². The van der Waals surface area contributed by atoms with Crippen LogP contribution >= 0.6 is 0 Å². The third-order valence-electron chi connectivity index (χ3n) is 4.86. The minimum Gasteiger partial charge on any atom is -0.323 e. The molecule has 1 atom stereocenters. The molecule has 0 bridgehead atoms. The van der Waals surface area contributed by atoms with E-state index in [9.17, 15) is 0 Å². The van der Waals surface area contributed by atoms with Crippen LogP contribution < -0.4 is 11.5 Å². The number of pyridine rings is 3.